The Morgan fingerprint density at radius 1 is 1.09 bits per heavy atom. The molecule has 0 fully saturated rings. The molecular weight excluding hydrogens is 458 g/mol. The summed E-state index contributed by atoms with van der Waals surface area (Å²) >= 11 is 4.89. The lowest BCUT2D eigenvalue weighted by Gasteiger charge is -2.24. The van der Waals surface area contributed by atoms with Gasteiger partial charge in [-0.05, 0) is 41.4 Å². The van der Waals surface area contributed by atoms with Gasteiger partial charge in [0.05, 0.1) is 7.11 Å². The van der Waals surface area contributed by atoms with Crippen molar-refractivity contribution >= 4 is 28.7 Å². The lowest BCUT2D eigenvalue weighted by Crippen LogP contribution is -2.40. The summed E-state index contributed by atoms with van der Waals surface area (Å²) in [5.74, 6) is -0.349. The molecule has 8 nitrogen and oxygen atoms in total. The van der Waals surface area contributed by atoms with Gasteiger partial charge in [0.15, 0.2) is 0 Å². The van der Waals surface area contributed by atoms with Crippen LogP contribution in [0.25, 0.3) is 11.4 Å². The number of alkyl halides is 3. The van der Waals surface area contributed by atoms with Gasteiger partial charge in [-0.15, -0.1) is 0 Å². The van der Waals surface area contributed by atoms with Crippen LogP contribution in [0.4, 0.5) is 25.8 Å². The van der Waals surface area contributed by atoms with Gasteiger partial charge in [-0.1, -0.05) is 29.4 Å². The summed E-state index contributed by atoms with van der Waals surface area (Å²) in [6.07, 6.45) is 0. The van der Waals surface area contributed by atoms with Crippen LogP contribution in [0, 0.1) is 0 Å². The zero-order valence-electron chi connectivity index (χ0n) is 17.4. The molecule has 0 saturated heterocycles. The maximum Gasteiger partial charge on any atom is 0.400 e. The Balaban J connectivity index is 1.48. The van der Waals surface area contributed by atoms with Gasteiger partial charge < -0.3 is 19.5 Å². The highest BCUT2D eigenvalue weighted by molar-refractivity contribution is 6.21. The van der Waals surface area contributed by atoms with E-state index in [-0.39, 0.29) is 17.2 Å². The third-order valence-corrected chi connectivity index (χ3v) is 5.09. The molecule has 1 heterocycles. The lowest BCUT2D eigenvalue weighted by atomic mass is 10.1. The smallest absolute Gasteiger partial charge is 0.400 e. The van der Waals surface area contributed by atoms with E-state index in [4.69, 9.17) is 16.3 Å². The van der Waals surface area contributed by atoms with E-state index < -0.39 is 22.1 Å². The molecule has 0 bridgehead atoms. The second-order valence-electron chi connectivity index (χ2n) is 7.21. The third kappa shape index (κ3) is 4.56. The highest BCUT2D eigenvalue weighted by Gasteiger charge is 2.35. The normalized spacial score (nSPS) is 11.5. The van der Waals surface area contributed by atoms with Crippen LogP contribution >= 0.6 is 11.6 Å². The molecule has 0 atom stereocenters. The summed E-state index contributed by atoms with van der Waals surface area (Å²) in [6, 6.07) is 13.7. The molecule has 4 aromatic rings. The topological polar surface area (TPSA) is 97.6 Å². The molecule has 33 heavy (non-hydrogen) atoms. The van der Waals surface area contributed by atoms with E-state index in [0.717, 1.165) is 5.56 Å². The van der Waals surface area contributed by atoms with Crippen LogP contribution in [0.15, 0.2) is 62.6 Å². The number of rotatable bonds is 8. The number of halogens is 3. The molecule has 3 aromatic carbocycles. The van der Waals surface area contributed by atoms with E-state index in [9.17, 15) is 18.4 Å². The minimum atomic E-state index is -3.74. The van der Waals surface area contributed by atoms with Crippen molar-refractivity contribution in [2.24, 2.45) is 0 Å². The van der Waals surface area contributed by atoms with Crippen LogP contribution in [-0.2, 0) is 11.9 Å². The van der Waals surface area contributed by atoms with Crippen molar-refractivity contribution < 1.29 is 18.0 Å². The van der Waals surface area contributed by atoms with E-state index in [1.54, 1.807) is 67.6 Å². The Labute approximate surface area is 191 Å². The van der Waals surface area contributed by atoms with Crippen molar-refractivity contribution in [3.8, 4) is 17.1 Å². The van der Waals surface area contributed by atoms with Gasteiger partial charge in [0.25, 0.3) is 10.9 Å². The third-order valence-electron chi connectivity index (χ3n) is 4.93. The van der Waals surface area contributed by atoms with Crippen LogP contribution in [0.3, 0.4) is 0 Å². The summed E-state index contributed by atoms with van der Waals surface area (Å²) in [5.41, 5.74) is 1.21. The summed E-state index contributed by atoms with van der Waals surface area (Å²) in [5, 5.41) is 2.75. The first-order chi connectivity index (χ1) is 15.7. The Kier molecular flexibility index (Phi) is 5.86. The fourth-order valence-electron chi connectivity index (χ4n) is 3.25. The number of anilines is 3. The average molecular weight is 475 g/mol. The summed E-state index contributed by atoms with van der Waals surface area (Å²) in [7, 11) is 3.24. The first-order valence-corrected chi connectivity index (χ1v) is 10.0. The van der Waals surface area contributed by atoms with Gasteiger partial charge in [-0.25, -0.2) is 0 Å². The number of nitrogens with zero attached hydrogens (tertiary/aromatic N) is 3. The van der Waals surface area contributed by atoms with E-state index in [1.807, 2.05) is 0 Å². The zero-order valence-corrected chi connectivity index (χ0v) is 18.2. The van der Waals surface area contributed by atoms with Gasteiger partial charge in [-0.3, -0.25) is 9.59 Å². The minimum Gasteiger partial charge on any atom is -0.497 e. The van der Waals surface area contributed by atoms with E-state index in [1.165, 1.54) is 0 Å². The summed E-state index contributed by atoms with van der Waals surface area (Å²) < 4.78 is 35.7. The average Bonchev–Trinajstić information content (AvgIpc) is 3.30. The Bertz CT molecular complexity index is 1340. The predicted octanol–water partition coefficient (Wildman–Crippen LogP) is 4.01. The Morgan fingerprint density at radius 3 is 2.33 bits per heavy atom. The first-order valence-electron chi connectivity index (χ1n) is 9.63. The zero-order chi connectivity index (χ0) is 23.8. The number of aromatic nitrogens is 2. The molecule has 0 saturated carbocycles. The summed E-state index contributed by atoms with van der Waals surface area (Å²) in [6.45, 7) is 0.319. The van der Waals surface area contributed by atoms with Crippen LogP contribution < -0.4 is 25.8 Å². The van der Waals surface area contributed by atoms with Crippen LogP contribution in [0.1, 0.15) is 11.5 Å². The standard InChI is InChI=1S/C22H17ClF2N4O4/c1-29(17-16(18(30)19(17)31)26-14-7-9-15(32-2)10-8-14)11-12-3-5-13(6-4-12)20-27-21(33-28-20)22(23,24)25/h3-10,26H,11H2,1-2H3. The molecule has 0 radical (unpaired) electrons. The fraction of sp³-hybridized carbons (Fsp3) is 0.182. The SMILES string of the molecule is COc1ccc(Nc2c(N(C)Cc3ccc(-c4noc(C(F)(F)Cl)n4)cc3)c(=O)c2=O)cc1. The highest BCUT2D eigenvalue weighted by Crippen LogP contribution is 2.32. The van der Waals surface area contributed by atoms with Crippen molar-refractivity contribution in [3.05, 3.63) is 80.4 Å². The van der Waals surface area contributed by atoms with Crippen molar-refractivity contribution in [2.75, 3.05) is 24.4 Å². The number of hydrogen-bond acceptors (Lipinski definition) is 8. The monoisotopic (exact) mass is 474 g/mol. The number of benzene rings is 2. The van der Waals surface area contributed by atoms with Gasteiger partial charge in [0, 0.05) is 24.8 Å². The van der Waals surface area contributed by atoms with Crippen molar-refractivity contribution in [1.82, 2.24) is 10.1 Å². The molecule has 11 heteroatoms. The number of nitrogens with one attached hydrogen (secondary N) is 1. The Morgan fingerprint density at radius 2 is 1.76 bits per heavy atom. The highest BCUT2D eigenvalue weighted by atomic mass is 35.5. The van der Waals surface area contributed by atoms with Crippen LogP contribution in [0.2, 0.25) is 0 Å². The van der Waals surface area contributed by atoms with Gasteiger partial charge >= 0.3 is 11.3 Å². The van der Waals surface area contributed by atoms with Crippen LogP contribution in [0.5, 0.6) is 5.75 Å². The molecule has 0 aliphatic heterocycles. The second-order valence-corrected chi connectivity index (χ2v) is 7.68. The molecular formula is C22H17ClF2N4O4. The maximum atomic E-state index is 13.1. The van der Waals surface area contributed by atoms with Crippen molar-refractivity contribution in [2.45, 2.75) is 11.9 Å². The minimum absolute atomic E-state index is 0.0290. The molecule has 0 amide bonds. The number of methoxy groups -OCH3 is 1. The van der Waals surface area contributed by atoms with Crippen molar-refractivity contribution in [3.63, 3.8) is 0 Å². The van der Waals surface area contributed by atoms with E-state index in [0.29, 0.717) is 23.5 Å². The molecule has 170 valence electrons. The van der Waals surface area contributed by atoms with Crippen LogP contribution in [-0.4, -0.2) is 24.3 Å². The molecule has 0 aliphatic rings. The lowest BCUT2D eigenvalue weighted by molar-refractivity contribution is 0.0551. The predicted molar refractivity (Wildman–Crippen MR) is 119 cm³/mol. The number of hydrogen-bond donors (Lipinski definition) is 1. The van der Waals surface area contributed by atoms with Gasteiger partial charge in [0.2, 0.25) is 5.82 Å². The maximum absolute atomic E-state index is 13.1. The quantitative estimate of drug-likeness (QED) is 0.302. The molecule has 0 unspecified atom stereocenters. The summed E-state index contributed by atoms with van der Waals surface area (Å²) in [4.78, 5) is 29.6. The van der Waals surface area contributed by atoms with Gasteiger partial charge in [-0.2, -0.15) is 13.8 Å². The molecule has 1 aromatic heterocycles. The van der Waals surface area contributed by atoms with E-state index >= 15 is 0 Å². The fourth-order valence-corrected chi connectivity index (χ4v) is 3.32. The Hall–Kier alpha value is -3.79. The molecule has 0 spiro atoms. The van der Waals surface area contributed by atoms with E-state index in [2.05, 4.69) is 20.0 Å². The molecule has 1 N–H and O–H groups in total. The largest absolute Gasteiger partial charge is 0.497 e. The second kappa shape index (κ2) is 8.62. The number of ether oxygens (including phenoxy) is 1. The molecule has 4 rings (SSSR count). The molecule has 0 aliphatic carbocycles. The van der Waals surface area contributed by atoms with Crippen molar-refractivity contribution in [1.29, 1.82) is 0 Å². The first kappa shape index (κ1) is 22.4. The van der Waals surface area contributed by atoms with Gasteiger partial charge in [0.1, 0.15) is 17.1 Å².